The molecule has 0 spiro atoms. The molecule has 1 aliphatic carbocycles. The summed E-state index contributed by atoms with van der Waals surface area (Å²) in [4.78, 5) is 33.3. The van der Waals surface area contributed by atoms with Crippen LogP contribution in [0, 0.1) is 0 Å². The number of hydrogen-bond acceptors (Lipinski definition) is 4. The maximum atomic E-state index is 11.7. The number of carbonyl (C=O) groups excluding carboxylic acids is 3. The van der Waals surface area contributed by atoms with Crippen LogP contribution in [-0.4, -0.2) is 24.3 Å². The van der Waals surface area contributed by atoms with Gasteiger partial charge >= 0.3 is 6.03 Å². The van der Waals surface area contributed by atoms with E-state index in [2.05, 4.69) is 0 Å². The van der Waals surface area contributed by atoms with Crippen LogP contribution in [0.15, 0.2) is 18.2 Å². The van der Waals surface area contributed by atoms with E-state index < -0.39 is 11.9 Å². The van der Waals surface area contributed by atoms with Crippen LogP contribution >= 0.6 is 0 Å². The van der Waals surface area contributed by atoms with Gasteiger partial charge in [0.1, 0.15) is 5.75 Å². The lowest BCUT2D eigenvalue weighted by molar-refractivity contribution is -0.121. The average molecular weight is 262 g/mol. The van der Waals surface area contributed by atoms with Gasteiger partial charge in [0.15, 0.2) is 12.4 Å². The van der Waals surface area contributed by atoms with Crippen LogP contribution in [0.2, 0.25) is 0 Å². The highest BCUT2D eigenvalue weighted by atomic mass is 16.5. The van der Waals surface area contributed by atoms with Crippen molar-refractivity contribution in [3.05, 3.63) is 29.3 Å². The number of nitrogens with two attached hydrogens (primary N) is 1. The van der Waals surface area contributed by atoms with Crippen molar-refractivity contribution in [1.29, 1.82) is 0 Å². The number of aryl methyl sites for hydroxylation is 1. The van der Waals surface area contributed by atoms with Crippen molar-refractivity contribution in [2.24, 2.45) is 5.73 Å². The first-order valence-electron chi connectivity index (χ1n) is 5.94. The van der Waals surface area contributed by atoms with Crippen LogP contribution in [0.5, 0.6) is 5.75 Å². The molecule has 6 nitrogen and oxygen atoms in total. The Hall–Kier alpha value is -2.37. The number of fused-ring (bicyclic) bond motifs is 1. The normalized spacial score (nSPS) is 13.6. The molecule has 1 aliphatic rings. The Morgan fingerprint density at radius 2 is 2.11 bits per heavy atom. The zero-order chi connectivity index (χ0) is 13.8. The molecule has 19 heavy (non-hydrogen) atoms. The summed E-state index contributed by atoms with van der Waals surface area (Å²) in [5.74, 6) is -0.113. The Bertz CT molecular complexity index is 539. The van der Waals surface area contributed by atoms with Crippen molar-refractivity contribution >= 4 is 17.7 Å². The minimum atomic E-state index is -0.922. The third-order valence-corrected chi connectivity index (χ3v) is 2.86. The van der Waals surface area contributed by atoms with Gasteiger partial charge in [0.25, 0.3) is 5.91 Å². The zero-order valence-electron chi connectivity index (χ0n) is 10.3. The molecule has 0 bridgehead atoms. The number of primary amides is 1. The van der Waals surface area contributed by atoms with Crippen molar-refractivity contribution in [1.82, 2.24) is 5.32 Å². The van der Waals surface area contributed by atoms with Crippen LogP contribution < -0.4 is 15.8 Å². The van der Waals surface area contributed by atoms with E-state index in [0.29, 0.717) is 17.7 Å². The monoisotopic (exact) mass is 262 g/mol. The Labute approximate surface area is 109 Å². The molecule has 0 saturated heterocycles. The first kappa shape index (κ1) is 13.1. The van der Waals surface area contributed by atoms with Crippen molar-refractivity contribution in [2.45, 2.75) is 19.3 Å². The van der Waals surface area contributed by atoms with Crippen LogP contribution in [0.3, 0.4) is 0 Å². The number of urea groups is 1. The summed E-state index contributed by atoms with van der Waals surface area (Å²) in [6, 6.07) is 4.24. The summed E-state index contributed by atoms with van der Waals surface area (Å²) in [5, 5.41) is 1.89. The molecule has 1 aromatic rings. The van der Waals surface area contributed by atoms with E-state index in [1.54, 1.807) is 12.1 Å². The van der Waals surface area contributed by atoms with Gasteiger partial charge in [-0.2, -0.15) is 0 Å². The second-order valence-electron chi connectivity index (χ2n) is 4.30. The third-order valence-electron chi connectivity index (χ3n) is 2.86. The van der Waals surface area contributed by atoms with E-state index in [1.807, 2.05) is 11.4 Å². The number of benzene rings is 1. The lowest BCUT2D eigenvalue weighted by Gasteiger charge is -2.15. The van der Waals surface area contributed by atoms with E-state index >= 15 is 0 Å². The van der Waals surface area contributed by atoms with Gasteiger partial charge in [-0.1, -0.05) is 6.07 Å². The highest BCUT2D eigenvalue weighted by Gasteiger charge is 2.17. The van der Waals surface area contributed by atoms with Crippen LogP contribution in [0.25, 0.3) is 0 Å². The Kier molecular flexibility index (Phi) is 3.79. The number of ether oxygens (including phenoxy) is 1. The fourth-order valence-corrected chi connectivity index (χ4v) is 2.02. The Balaban J connectivity index is 2.02. The first-order chi connectivity index (χ1) is 9.06. The molecule has 1 aromatic carbocycles. The van der Waals surface area contributed by atoms with E-state index in [-0.39, 0.29) is 12.4 Å². The Morgan fingerprint density at radius 3 is 2.84 bits per heavy atom. The zero-order valence-corrected chi connectivity index (χ0v) is 10.3. The summed E-state index contributed by atoms with van der Waals surface area (Å²) >= 11 is 0. The number of carbonyl (C=O) groups is 3. The standard InChI is InChI=1S/C13H14N2O4/c14-13(18)15-12(17)7-19-9-5-4-8-2-1-3-11(16)10(8)6-9/h4-6H,1-3,7H2,(H3,14,15,17,18). The molecule has 0 atom stereocenters. The molecule has 100 valence electrons. The molecule has 3 amide bonds. The van der Waals surface area contributed by atoms with Crippen molar-refractivity contribution in [3.63, 3.8) is 0 Å². The number of amides is 3. The van der Waals surface area contributed by atoms with Gasteiger partial charge < -0.3 is 10.5 Å². The van der Waals surface area contributed by atoms with Gasteiger partial charge in [-0.3, -0.25) is 14.9 Å². The smallest absolute Gasteiger partial charge is 0.318 e. The van der Waals surface area contributed by atoms with E-state index in [9.17, 15) is 14.4 Å². The van der Waals surface area contributed by atoms with E-state index in [0.717, 1.165) is 18.4 Å². The quantitative estimate of drug-likeness (QED) is 0.840. The average Bonchev–Trinajstić information content (AvgIpc) is 2.36. The summed E-state index contributed by atoms with van der Waals surface area (Å²) < 4.78 is 5.21. The molecule has 0 heterocycles. The number of imide groups is 1. The van der Waals surface area contributed by atoms with Crippen LogP contribution in [-0.2, 0) is 11.2 Å². The number of Topliss-reactive ketones (excluding diaryl/α,β-unsaturated/α-hetero) is 1. The molecule has 2 rings (SSSR count). The summed E-state index contributed by atoms with van der Waals surface area (Å²) in [6.45, 7) is -0.323. The largest absolute Gasteiger partial charge is 0.484 e. The van der Waals surface area contributed by atoms with Crippen molar-refractivity contribution < 1.29 is 19.1 Å². The summed E-state index contributed by atoms with van der Waals surface area (Å²) in [7, 11) is 0. The van der Waals surface area contributed by atoms with Gasteiger partial charge in [0, 0.05) is 12.0 Å². The van der Waals surface area contributed by atoms with E-state index in [4.69, 9.17) is 10.5 Å². The van der Waals surface area contributed by atoms with E-state index in [1.165, 1.54) is 0 Å². The topological polar surface area (TPSA) is 98.5 Å². The number of ketones is 1. The van der Waals surface area contributed by atoms with Gasteiger partial charge in [-0.05, 0) is 30.5 Å². The lowest BCUT2D eigenvalue weighted by Crippen LogP contribution is -2.38. The van der Waals surface area contributed by atoms with Crippen LogP contribution in [0.1, 0.15) is 28.8 Å². The second-order valence-corrected chi connectivity index (χ2v) is 4.30. The molecule has 0 aliphatic heterocycles. The van der Waals surface area contributed by atoms with Crippen LogP contribution in [0.4, 0.5) is 4.79 Å². The number of hydrogen-bond donors (Lipinski definition) is 2. The highest BCUT2D eigenvalue weighted by Crippen LogP contribution is 2.25. The predicted molar refractivity (Wildman–Crippen MR) is 66.9 cm³/mol. The van der Waals surface area contributed by atoms with Crippen molar-refractivity contribution in [3.8, 4) is 5.75 Å². The molecule has 6 heteroatoms. The maximum absolute atomic E-state index is 11.7. The lowest BCUT2D eigenvalue weighted by atomic mass is 9.90. The molecule has 0 aromatic heterocycles. The molecule has 0 saturated carbocycles. The fourth-order valence-electron chi connectivity index (χ4n) is 2.02. The minimum Gasteiger partial charge on any atom is -0.484 e. The predicted octanol–water partition coefficient (Wildman–Crippen LogP) is 0.779. The van der Waals surface area contributed by atoms with Gasteiger partial charge in [0.2, 0.25) is 0 Å². The van der Waals surface area contributed by atoms with Crippen molar-refractivity contribution in [2.75, 3.05) is 6.61 Å². The molecule has 3 N–H and O–H groups in total. The second kappa shape index (κ2) is 5.51. The third kappa shape index (κ3) is 3.31. The maximum Gasteiger partial charge on any atom is 0.318 e. The Morgan fingerprint density at radius 1 is 1.32 bits per heavy atom. The minimum absolute atomic E-state index is 0.0910. The number of nitrogens with one attached hydrogen (secondary N) is 1. The molecule has 0 unspecified atom stereocenters. The van der Waals surface area contributed by atoms with Gasteiger partial charge in [0.05, 0.1) is 0 Å². The summed E-state index contributed by atoms with van der Waals surface area (Å²) in [5.41, 5.74) is 6.46. The number of rotatable bonds is 3. The SMILES string of the molecule is NC(=O)NC(=O)COc1ccc2c(c1)C(=O)CCC2. The molecular weight excluding hydrogens is 248 g/mol. The molecule has 0 radical (unpaired) electrons. The molecular formula is C13H14N2O4. The van der Waals surface area contributed by atoms with Gasteiger partial charge in [-0.15, -0.1) is 0 Å². The fraction of sp³-hybridized carbons (Fsp3) is 0.308. The molecule has 0 fully saturated rings. The highest BCUT2D eigenvalue weighted by molar-refractivity contribution is 5.99. The summed E-state index contributed by atoms with van der Waals surface area (Å²) in [6.07, 6.45) is 2.29. The van der Waals surface area contributed by atoms with Gasteiger partial charge in [-0.25, -0.2) is 4.79 Å². The first-order valence-corrected chi connectivity index (χ1v) is 5.94.